The van der Waals surface area contributed by atoms with Gasteiger partial charge in [0.25, 0.3) is 0 Å². The van der Waals surface area contributed by atoms with E-state index < -0.39 is 0 Å². The van der Waals surface area contributed by atoms with Gasteiger partial charge in [-0.05, 0) is 43.5 Å². The predicted octanol–water partition coefficient (Wildman–Crippen LogP) is 2.63. The normalized spacial score (nSPS) is 10.2. The van der Waals surface area contributed by atoms with Crippen LogP contribution in [0.5, 0.6) is 5.75 Å². The Hall–Kier alpha value is -0.730. The Kier molecular flexibility index (Phi) is 4.77. The molecule has 1 aromatic carbocycles. The lowest BCUT2D eigenvalue weighted by Crippen LogP contribution is -1.99. The first-order chi connectivity index (χ1) is 6.77. The highest BCUT2D eigenvalue weighted by Crippen LogP contribution is 2.25. The van der Waals surface area contributed by atoms with Crippen LogP contribution in [0.2, 0.25) is 5.02 Å². The average molecular weight is 214 g/mol. The van der Waals surface area contributed by atoms with E-state index in [4.69, 9.17) is 22.1 Å². The molecule has 0 aromatic heterocycles. The van der Waals surface area contributed by atoms with E-state index >= 15 is 0 Å². The molecule has 0 saturated carbocycles. The summed E-state index contributed by atoms with van der Waals surface area (Å²) in [7, 11) is 1.62. The molecule has 3 heteroatoms. The summed E-state index contributed by atoms with van der Waals surface area (Å²) < 4.78 is 5.07. The Labute approximate surface area is 90.0 Å². The van der Waals surface area contributed by atoms with Gasteiger partial charge in [-0.1, -0.05) is 17.7 Å². The molecule has 0 amide bonds. The first-order valence-electron chi connectivity index (χ1n) is 4.80. The van der Waals surface area contributed by atoms with Gasteiger partial charge in [0, 0.05) is 0 Å². The second-order valence-corrected chi connectivity index (χ2v) is 3.62. The molecule has 0 aliphatic rings. The van der Waals surface area contributed by atoms with Gasteiger partial charge < -0.3 is 10.5 Å². The molecule has 0 fully saturated rings. The molecule has 0 aliphatic heterocycles. The van der Waals surface area contributed by atoms with Gasteiger partial charge in [-0.15, -0.1) is 0 Å². The SMILES string of the molecule is COc1ccc(CCCCN)cc1Cl. The van der Waals surface area contributed by atoms with Crippen LogP contribution in [0.3, 0.4) is 0 Å². The summed E-state index contributed by atoms with van der Waals surface area (Å²) in [6.45, 7) is 0.754. The van der Waals surface area contributed by atoms with Gasteiger partial charge >= 0.3 is 0 Å². The van der Waals surface area contributed by atoms with Crippen LogP contribution in [0.25, 0.3) is 0 Å². The zero-order valence-corrected chi connectivity index (χ0v) is 9.18. The van der Waals surface area contributed by atoms with Crippen molar-refractivity contribution >= 4 is 11.6 Å². The van der Waals surface area contributed by atoms with Gasteiger partial charge in [0.1, 0.15) is 5.75 Å². The highest BCUT2D eigenvalue weighted by Gasteiger charge is 2.01. The van der Waals surface area contributed by atoms with E-state index in [1.807, 2.05) is 18.2 Å². The molecule has 2 nitrogen and oxygen atoms in total. The van der Waals surface area contributed by atoms with Crippen molar-refractivity contribution in [1.29, 1.82) is 0 Å². The van der Waals surface area contributed by atoms with Crippen molar-refractivity contribution in [3.05, 3.63) is 28.8 Å². The lowest BCUT2D eigenvalue weighted by molar-refractivity contribution is 0.415. The number of hydrogen-bond donors (Lipinski definition) is 1. The van der Waals surface area contributed by atoms with Gasteiger partial charge in [-0.25, -0.2) is 0 Å². The Morgan fingerprint density at radius 2 is 2.14 bits per heavy atom. The van der Waals surface area contributed by atoms with Gasteiger partial charge in [0.2, 0.25) is 0 Å². The van der Waals surface area contributed by atoms with Crippen LogP contribution in [0.4, 0.5) is 0 Å². The fraction of sp³-hybridized carbons (Fsp3) is 0.455. The third kappa shape index (κ3) is 3.20. The molecular formula is C11H16ClNO. The van der Waals surface area contributed by atoms with Crippen LogP contribution < -0.4 is 10.5 Å². The number of rotatable bonds is 5. The molecular weight excluding hydrogens is 198 g/mol. The summed E-state index contributed by atoms with van der Waals surface area (Å²) in [6.07, 6.45) is 3.20. The van der Waals surface area contributed by atoms with Crippen molar-refractivity contribution in [2.45, 2.75) is 19.3 Å². The quantitative estimate of drug-likeness (QED) is 0.764. The molecule has 2 N–H and O–H groups in total. The number of aryl methyl sites for hydroxylation is 1. The molecule has 0 spiro atoms. The second kappa shape index (κ2) is 5.89. The smallest absolute Gasteiger partial charge is 0.137 e. The van der Waals surface area contributed by atoms with Gasteiger partial charge in [0.05, 0.1) is 12.1 Å². The Morgan fingerprint density at radius 1 is 1.36 bits per heavy atom. The van der Waals surface area contributed by atoms with Crippen molar-refractivity contribution in [2.24, 2.45) is 5.73 Å². The van der Waals surface area contributed by atoms with Gasteiger partial charge in [-0.3, -0.25) is 0 Å². The van der Waals surface area contributed by atoms with E-state index in [2.05, 4.69) is 0 Å². The lowest BCUT2D eigenvalue weighted by atomic mass is 10.1. The molecule has 0 atom stereocenters. The zero-order chi connectivity index (χ0) is 10.4. The van der Waals surface area contributed by atoms with E-state index in [1.54, 1.807) is 7.11 Å². The zero-order valence-electron chi connectivity index (χ0n) is 8.42. The van der Waals surface area contributed by atoms with Crippen LogP contribution in [-0.2, 0) is 6.42 Å². The minimum Gasteiger partial charge on any atom is -0.495 e. The Bertz CT molecular complexity index is 289. The average Bonchev–Trinajstić information content (AvgIpc) is 2.18. The van der Waals surface area contributed by atoms with Crippen molar-refractivity contribution in [3.63, 3.8) is 0 Å². The number of ether oxygens (including phenoxy) is 1. The predicted molar refractivity (Wildman–Crippen MR) is 60.0 cm³/mol. The van der Waals surface area contributed by atoms with Crippen molar-refractivity contribution in [1.82, 2.24) is 0 Å². The second-order valence-electron chi connectivity index (χ2n) is 3.21. The number of unbranched alkanes of at least 4 members (excludes halogenated alkanes) is 1. The molecule has 0 heterocycles. The van der Waals surface area contributed by atoms with E-state index in [1.165, 1.54) is 5.56 Å². The molecule has 1 aromatic rings. The minimum absolute atomic E-state index is 0.678. The summed E-state index contributed by atoms with van der Waals surface area (Å²) in [5.41, 5.74) is 6.66. The number of halogens is 1. The van der Waals surface area contributed by atoms with E-state index in [-0.39, 0.29) is 0 Å². The first-order valence-corrected chi connectivity index (χ1v) is 5.18. The maximum absolute atomic E-state index is 5.99. The number of hydrogen-bond acceptors (Lipinski definition) is 2. The summed E-state index contributed by atoms with van der Waals surface area (Å²) >= 11 is 5.99. The topological polar surface area (TPSA) is 35.2 Å². The number of benzene rings is 1. The first kappa shape index (κ1) is 11.3. The monoisotopic (exact) mass is 213 g/mol. The number of methoxy groups -OCH3 is 1. The van der Waals surface area contributed by atoms with Gasteiger partial charge in [-0.2, -0.15) is 0 Å². The maximum atomic E-state index is 5.99. The molecule has 0 radical (unpaired) electrons. The summed E-state index contributed by atoms with van der Waals surface area (Å²) in [5, 5.41) is 0.678. The molecule has 0 saturated heterocycles. The Morgan fingerprint density at radius 3 is 2.71 bits per heavy atom. The fourth-order valence-electron chi connectivity index (χ4n) is 1.34. The van der Waals surface area contributed by atoms with Crippen molar-refractivity contribution in [2.75, 3.05) is 13.7 Å². The van der Waals surface area contributed by atoms with E-state index in [9.17, 15) is 0 Å². The molecule has 0 unspecified atom stereocenters. The third-order valence-electron chi connectivity index (χ3n) is 2.14. The molecule has 14 heavy (non-hydrogen) atoms. The van der Waals surface area contributed by atoms with Crippen molar-refractivity contribution < 1.29 is 4.74 Å². The summed E-state index contributed by atoms with van der Waals surface area (Å²) in [6, 6.07) is 5.90. The molecule has 0 aliphatic carbocycles. The standard InChI is InChI=1S/C11H16ClNO/c1-14-11-6-5-9(8-10(11)12)4-2-3-7-13/h5-6,8H,2-4,7,13H2,1H3. The highest BCUT2D eigenvalue weighted by atomic mass is 35.5. The van der Waals surface area contributed by atoms with Crippen molar-refractivity contribution in [3.8, 4) is 5.75 Å². The minimum atomic E-state index is 0.678. The van der Waals surface area contributed by atoms with Crippen LogP contribution in [0.1, 0.15) is 18.4 Å². The van der Waals surface area contributed by atoms with Crippen LogP contribution in [0, 0.1) is 0 Å². The van der Waals surface area contributed by atoms with Gasteiger partial charge in [0.15, 0.2) is 0 Å². The lowest BCUT2D eigenvalue weighted by Gasteiger charge is -2.05. The number of nitrogens with two attached hydrogens (primary N) is 1. The van der Waals surface area contributed by atoms with E-state index in [0.29, 0.717) is 5.02 Å². The van der Waals surface area contributed by atoms with Crippen LogP contribution >= 0.6 is 11.6 Å². The molecule has 1 rings (SSSR count). The third-order valence-corrected chi connectivity index (χ3v) is 2.43. The molecule has 0 bridgehead atoms. The maximum Gasteiger partial charge on any atom is 0.137 e. The fourth-order valence-corrected chi connectivity index (χ4v) is 1.62. The van der Waals surface area contributed by atoms with Crippen LogP contribution in [0.15, 0.2) is 18.2 Å². The summed E-state index contributed by atoms with van der Waals surface area (Å²) in [4.78, 5) is 0. The molecule has 78 valence electrons. The Balaban J connectivity index is 2.57. The highest BCUT2D eigenvalue weighted by molar-refractivity contribution is 6.32. The van der Waals surface area contributed by atoms with Crippen LogP contribution in [-0.4, -0.2) is 13.7 Å². The summed E-state index contributed by atoms with van der Waals surface area (Å²) in [5.74, 6) is 0.731. The van der Waals surface area contributed by atoms with E-state index in [0.717, 1.165) is 31.6 Å². The largest absolute Gasteiger partial charge is 0.495 e.